The number of ether oxygens (including phenoxy) is 1. The molecular weight excluding hydrogens is 256 g/mol. The van der Waals surface area contributed by atoms with Crippen LogP contribution in [-0.2, 0) is 6.42 Å². The minimum atomic E-state index is -0.0652. The molecule has 2 aromatic carbocycles. The summed E-state index contributed by atoms with van der Waals surface area (Å²) in [7, 11) is 0. The summed E-state index contributed by atoms with van der Waals surface area (Å²) in [5.41, 5.74) is 3.58. The van der Waals surface area contributed by atoms with Gasteiger partial charge in [-0.05, 0) is 31.9 Å². The van der Waals surface area contributed by atoms with E-state index in [1.54, 1.807) is 0 Å². The molecule has 0 aliphatic rings. The van der Waals surface area contributed by atoms with Crippen LogP contribution < -0.4 is 4.74 Å². The van der Waals surface area contributed by atoms with Gasteiger partial charge in [-0.15, -0.1) is 11.6 Å². The van der Waals surface area contributed by atoms with Crippen molar-refractivity contribution in [3.05, 3.63) is 65.2 Å². The Morgan fingerprint density at radius 1 is 1.11 bits per heavy atom. The summed E-state index contributed by atoms with van der Waals surface area (Å²) in [6.07, 6.45) is 0.813. The zero-order valence-electron chi connectivity index (χ0n) is 11.4. The van der Waals surface area contributed by atoms with E-state index in [1.807, 2.05) is 31.2 Å². The Labute approximate surface area is 120 Å². The van der Waals surface area contributed by atoms with Gasteiger partial charge < -0.3 is 4.74 Å². The third-order valence-electron chi connectivity index (χ3n) is 3.05. The van der Waals surface area contributed by atoms with Gasteiger partial charge in [-0.3, -0.25) is 0 Å². The minimum Gasteiger partial charge on any atom is -0.494 e. The number of alkyl halides is 1. The van der Waals surface area contributed by atoms with E-state index in [-0.39, 0.29) is 5.38 Å². The lowest BCUT2D eigenvalue weighted by atomic mass is 10.0. The van der Waals surface area contributed by atoms with Crippen LogP contribution in [0.1, 0.15) is 29.0 Å². The van der Waals surface area contributed by atoms with E-state index in [4.69, 9.17) is 16.3 Å². The summed E-state index contributed by atoms with van der Waals surface area (Å²) in [5.74, 6) is 0.887. The fraction of sp³-hybridized carbons (Fsp3) is 0.294. The van der Waals surface area contributed by atoms with Crippen molar-refractivity contribution in [2.24, 2.45) is 0 Å². The summed E-state index contributed by atoms with van der Waals surface area (Å²) >= 11 is 6.55. The van der Waals surface area contributed by atoms with Crippen molar-refractivity contribution in [1.82, 2.24) is 0 Å². The van der Waals surface area contributed by atoms with Crippen LogP contribution in [0.5, 0.6) is 5.75 Å². The van der Waals surface area contributed by atoms with Crippen LogP contribution in [0.4, 0.5) is 0 Å². The van der Waals surface area contributed by atoms with Gasteiger partial charge in [-0.1, -0.05) is 48.0 Å². The molecule has 2 aromatic rings. The molecule has 0 aromatic heterocycles. The second kappa shape index (κ2) is 6.63. The Hall–Kier alpha value is -1.47. The highest BCUT2D eigenvalue weighted by Gasteiger charge is 2.13. The minimum absolute atomic E-state index is 0.0652. The number of para-hydroxylation sites is 1. The molecule has 0 heterocycles. The maximum Gasteiger partial charge on any atom is 0.123 e. The van der Waals surface area contributed by atoms with Crippen molar-refractivity contribution in [1.29, 1.82) is 0 Å². The summed E-state index contributed by atoms with van der Waals surface area (Å²) in [5, 5.41) is -0.0652. The highest BCUT2D eigenvalue weighted by Crippen LogP contribution is 2.32. The Morgan fingerprint density at radius 2 is 1.89 bits per heavy atom. The average Bonchev–Trinajstić information content (AvgIpc) is 2.39. The Bertz CT molecular complexity index is 536. The predicted octanol–water partition coefficient (Wildman–Crippen LogP) is 4.92. The quantitative estimate of drug-likeness (QED) is 0.704. The molecular formula is C17H19ClO. The highest BCUT2D eigenvalue weighted by molar-refractivity contribution is 6.21. The first kappa shape index (κ1) is 14.0. The highest BCUT2D eigenvalue weighted by atomic mass is 35.5. The van der Waals surface area contributed by atoms with Crippen LogP contribution in [-0.4, -0.2) is 6.61 Å². The van der Waals surface area contributed by atoms with Crippen LogP contribution in [0.2, 0.25) is 0 Å². The molecule has 19 heavy (non-hydrogen) atoms. The monoisotopic (exact) mass is 274 g/mol. The van der Waals surface area contributed by atoms with Crippen LogP contribution in [0.3, 0.4) is 0 Å². The van der Waals surface area contributed by atoms with E-state index in [1.165, 1.54) is 11.1 Å². The fourth-order valence-electron chi connectivity index (χ4n) is 2.18. The van der Waals surface area contributed by atoms with Gasteiger partial charge in [0, 0.05) is 5.56 Å². The summed E-state index contributed by atoms with van der Waals surface area (Å²) in [4.78, 5) is 0. The maximum absolute atomic E-state index is 6.55. The smallest absolute Gasteiger partial charge is 0.123 e. The molecule has 0 saturated heterocycles. The number of benzene rings is 2. The molecule has 2 rings (SSSR count). The van der Waals surface area contributed by atoms with Gasteiger partial charge in [0.1, 0.15) is 5.75 Å². The van der Waals surface area contributed by atoms with E-state index in [9.17, 15) is 0 Å². The molecule has 0 fully saturated rings. The number of rotatable bonds is 5. The molecule has 1 atom stereocenters. The Balaban J connectivity index is 2.17. The van der Waals surface area contributed by atoms with Crippen LogP contribution in [0.25, 0.3) is 0 Å². The third-order valence-corrected chi connectivity index (χ3v) is 3.44. The molecule has 2 heteroatoms. The van der Waals surface area contributed by atoms with E-state index in [2.05, 4.69) is 31.2 Å². The van der Waals surface area contributed by atoms with E-state index in [0.717, 1.165) is 17.7 Å². The first-order valence-corrected chi connectivity index (χ1v) is 7.05. The molecule has 0 radical (unpaired) electrons. The van der Waals surface area contributed by atoms with Gasteiger partial charge in [0.05, 0.1) is 12.0 Å². The summed E-state index contributed by atoms with van der Waals surface area (Å²) < 4.78 is 5.64. The van der Waals surface area contributed by atoms with Crippen molar-refractivity contribution in [3.8, 4) is 5.75 Å². The normalized spacial score (nSPS) is 12.2. The third kappa shape index (κ3) is 3.74. The van der Waals surface area contributed by atoms with E-state index >= 15 is 0 Å². The molecule has 0 N–H and O–H groups in total. The van der Waals surface area contributed by atoms with Crippen molar-refractivity contribution < 1.29 is 4.74 Å². The summed E-state index contributed by atoms with van der Waals surface area (Å²) in [6.45, 7) is 4.74. The molecule has 0 aliphatic heterocycles. The van der Waals surface area contributed by atoms with Crippen molar-refractivity contribution in [3.63, 3.8) is 0 Å². The second-order valence-electron chi connectivity index (χ2n) is 4.63. The van der Waals surface area contributed by atoms with E-state index < -0.39 is 0 Å². The van der Waals surface area contributed by atoms with Crippen LogP contribution in [0, 0.1) is 6.92 Å². The zero-order valence-corrected chi connectivity index (χ0v) is 12.2. The topological polar surface area (TPSA) is 9.23 Å². The van der Waals surface area contributed by atoms with E-state index in [0.29, 0.717) is 6.61 Å². The summed E-state index contributed by atoms with van der Waals surface area (Å²) in [6, 6.07) is 16.5. The lowest BCUT2D eigenvalue weighted by Gasteiger charge is -2.15. The molecule has 0 saturated carbocycles. The van der Waals surface area contributed by atoms with Gasteiger partial charge in [0.15, 0.2) is 0 Å². The first-order chi connectivity index (χ1) is 9.20. The number of hydrogen-bond donors (Lipinski definition) is 0. The zero-order chi connectivity index (χ0) is 13.7. The Morgan fingerprint density at radius 3 is 2.63 bits per heavy atom. The lowest BCUT2D eigenvalue weighted by molar-refractivity contribution is 0.336. The van der Waals surface area contributed by atoms with Crippen LogP contribution in [0.15, 0.2) is 48.5 Å². The van der Waals surface area contributed by atoms with Gasteiger partial charge in [0.2, 0.25) is 0 Å². The number of halogens is 1. The maximum atomic E-state index is 6.55. The first-order valence-electron chi connectivity index (χ1n) is 6.62. The molecule has 0 spiro atoms. The molecule has 0 amide bonds. The van der Waals surface area contributed by atoms with Crippen molar-refractivity contribution in [2.75, 3.05) is 6.61 Å². The van der Waals surface area contributed by atoms with Gasteiger partial charge >= 0.3 is 0 Å². The average molecular weight is 275 g/mol. The van der Waals surface area contributed by atoms with Crippen molar-refractivity contribution >= 4 is 11.6 Å². The van der Waals surface area contributed by atoms with Gasteiger partial charge in [-0.25, -0.2) is 0 Å². The predicted molar refractivity (Wildman–Crippen MR) is 81.1 cm³/mol. The van der Waals surface area contributed by atoms with Crippen molar-refractivity contribution in [2.45, 2.75) is 25.6 Å². The standard InChI is InChI=1S/C17H19ClO/c1-3-19-17-10-5-4-9-15(17)16(18)12-14-8-6-7-13(2)11-14/h4-11,16H,3,12H2,1-2H3. The van der Waals surface area contributed by atoms with Crippen LogP contribution >= 0.6 is 11.6 Å². The molecule has 1 nitrogen and oxygen atoms in total. The number of aryl methyl sites for hydroxylation is 1. The second-order valence-corrected chi connectivity index (χ2v) is 5.16. The Kier molecular flexibility index (Phi) is 4.86. The molecule has 0 bridgehead atoms. The molecule has 1 unspecified atom stereocenters. The largest absolute Gasteiger partial charge is 0.494 e. The lowest BCUT2D eigenvalue weighted by Crippen LogP contribution is -2.01. The number of hydrogen-bond acceptors (Lipinski definition) is 1. The van der Waals surface area contributed by atoms with Gasteiger partial charge in [0.25, 0.3) is 0 Å². The molecule has 0 aliphatic carbocycles. The fourth-order valence-corrected chi connectivity index (χ4v) is 2.54. The SMILES string of the molecule is CCOc1ccccc1C(Cl)Cc1cccc(C)c1. The van der Waals surface area contributed by atoms with Gasteiger partial charge in [-0.2, -0.15) is 0 Å². The molecule has 100 valence electrons.